The molecule has 0 atom stereocenters. The van der Waals surface area contributed by atoms with Crippen LogP contribution in [0.25, 0.3) is 11.0 Å². The highest BCUT2D eigenvalue weighted by Crippen LogP contribution is 2.18. The van der Waals surface area contributed by atoms with Crippen molar-refractivity contribution in [1.82, 2.24) is 14.9 Å². The van der Waals surface area contributed by atoms with Gasteiger partial charge in [-0.2, -0.15) is 0 Å². The van der Waals surface area contributed by atoms with Gasteiger partial charge >= 0.3 is 0 Å². The molecule has 1 aromatic heterocycles. The van der Waals surface area contributed by atoms with Crippen LogP contribution in [0.1, 0.15) is 58.2 Å². The van der Waals surface area contributed by atoms with Crippen molar-refractivity contribution < 1.29 is 4.79 Å². The first-order valence-electron chi connectivity index (χ1n) is 8.97. The third kappa shape index (κ3) is 5.08. The maximum absolute atomic E-state index is 11.2. The zero-order valence-corrected chi connectivity index (χ0v) is 14.5. The molecule has 0 aliphatic rings. The number of fused-ring (bicyclic) bond motifs is 1. The molecule has 1 amide bonds. The minimum Gasteiger partial charge on any atom is -0.356 e. The van der Waals surface area contributed by atoms with Gasteiger partial charge in [0.05, 0.1) is 11.0 Å². The van der Waals surface area contributed by atoms with Crippen LogP contribution in [0.4, 0.5) is 0 Å². The first kappa shape index (κ1) is 17.5. The molecule has 1 N–H and O–H groups in total. The monoisotopic (exact) mass is 315 g/mol. The van der Waals surface area contributed by atoms with Crippen LogP contribution in [-0.4, -0.2) is 22.0 Å². The zero-order valence-electron chi connectivity index (χ0n) is 14.5. The van der Waals surface area contributed by atoms with E-state index in [0.29, 0.717) is 6.42 Å². The average Bonchev–Trinajstić information content (AvgIpc) is 2.93. The lowest BCUT2D eigenvalue weighted by atomic mass is 10.2. The van der Waals surface area contributed by atoms with Gasteiger partial charge < -0.3 is 9.88 Å². The van der Waals surface area contributed by atoms with Crippen molar-refractivity contribution in [2.75, 3.05) is 6.54 Å². The molecule has 23 heavy (non-hydrogen) atoms. The molecular formula is C19H29N3O. The summed E-state index contributed by atoms with van der Waals surface area (Å²) in [5.74, 6) is 1.35. The molecule has 0 radical (unpaired) electrons. The fourth-order valence-electron chi connectivity index (χ4n) is 2.82. The number of nitrogens with zero attached hydrogens (tertiary/aromatic N) is 2. The van der Waals surface area contributed by atoms with Gasteiger partial charge in [-0.3, -0.25) is 4.79 Å². The topological polar surface area (TPSA) is 46.9 Å². The third-order valence-corrected chi connectivity index (χ3v) is 4.19. The van der Waals surface area contributed by atoms with Gasteiger partial charge in [0.1, 0.15) is 5.82 Å². The number of carbonyl (C=O) groups excluding carboxylic acids is 1. The summed E-state index contributed by atoms with van der Waals surface area (Å²) in [4.78, 5) is 16.0. The number of rotatable bonds is 10. The van der Waals surface area contributed by atoms with E-state index in [1.165, 1.54) is 24.2 Å². The smallest absolute Gasteiger partial charge is 0.219 e. The first-order valence-corrected chi connectivity index (χ1v) is 8.97. The molecule has 0 unspecified atom stereocenters. The summed E-state index contributed by atoms with van der Waals surface area (Å²) in [5, 5.41) is 2.93. The van der Waals surface area contributed by atoms with Crippen molar-refractivity contribution in [2.45, 2.75) is 65.3 Å². The molecule has 0 saturated carbocycles. The summed E-state index contributed by atoms with van der Waals surface area (Å²) in [6.07, 6.45) is 7.26. The third-order valence-electron chi connectivity index (χ3n) is 4.19. The summed E-state index contributed by atoms with van der Waals surface area (Å²) in [5.41, 5.74) is 2.36. The molecule has 0 bridgehead atoms. The summed E-state index contributed by atoms with van der Waals surface area (Å²) >= 11 is 0. The van der Waals surface area contributed by atoms with Crippen LogP contribution < -0.4 is 5.32 Å². The van der Waals surface area contributed by atoms with E-state index in [1.807, 2.05) is 6.92 Å². The Hall–Kier alpha value is -1.84. The molecule has 0 aliphatic heterocycles. The number of nitrogens with one attached hydrogen (secondary N) is 1. The maximum atomic E-state index is 11.2. The number of hydrogen-bond acceptors (Lipinski definition) is 2. The van der Waals surface area contributed by atoms with E-state index in [9.17, 15) is 4.79 Å². The minimum atomic E-state index is 0.145. The fourth-order valence-corrected chi connectivity index (χ4v) is 2.82. The van der Waals surface area contributed by atoms with Crippen LogP contribution in [0.15, 0.2) is 24.3 Å². The van der Waals surface area contributed by atoms with E-state index in [0.717, 1.165) is 44.3 Å². The second kappa shape index (κ2) is 9.33. The predicted molar refractivity (Wildman–Crippen MR) is 95.5 cm³/mol. The largest absolute Gasteiger partial charge is 0.356 e. The van der Waals surface area contributed by atoms with Gasteiger partial charge in [0.2, 0.25) is 5.91 Å². The van der Waals surface area contributed by atoms with E-state index in [2.05, 4.69) is 41.1 Å². The van der Waals surface area contributed by atoms with Crippen LogP contribution in [0.3, 0.4) is 0 Å². The first-order chi connectivity index (χ1) is 11.3. The fraction of sp³-hybridized carbons (Fsp3) is 0.579. The average molecular weight is 315 g/mol. The van der Waals surface area contributed by atoms with Crippen molar-refractivity contribution >= 4 is 16.9 Å². The molecule has 1 heterocycles. The molecule has 4 heteroatoms. The van der Waals surface area contributed by atoms with Crippen molar-refractivity contribution in [1.29, 1.82) is 0 Å². The van der Waals surface area contributed by atoms with Gasteiger partial charge in [0, 0.05) is 25.9 Å². The molecule has 0 spiro atoms. The SMILES string of the molecule is CCCCn1c(CCCCCNC(=O)CC)nc2ccccc21. The summed E-state index contributed by atoms with van der Waals surface area (Å²) < 4.78 is 2.39. The predicted octanol–water partition coefficient (Wildman–Crippen LogP) is 4.08. The van der Waals surface area contributed by atoms with Crippen molar-refractivity contribution in [3.05, 3.63) is 30.1 Å². The van der Waals surface area contributed by atoms with E-state index in [-0.39, 0.29) is 5.91 Å². The lowest BCUT2D eigenvalue weighted by Gasteiger charge is -2.08. The van der Waals surface area contributed by atoms with Crippen molar-refractivity contribution in [3.8, 4) is 0 Å². The Morgan fingerprint density at radius 3 is 2.74 bits per heavy atom. The van der Waals surface area contributed by atoms with Gasteiger partial charge in [-0.05, 0) is 31.4 Å². The molecule has 2 rings (SSSR count). The maximum Gasteiger partial charge on any atom is 0.219 e. The number of aromatic nitrogens is 2. The lowest BCUT2D eigenvalue weighted by molar-refractivity contribution is -0.120. The van der Waals surface area contributed by atoms with E-state index < -0.39 is 0 Å². The molecule has 4 nitrogen and oxygen atoms in total. The number of benzene rings is 1. The normalized spacial score (nSPS) is 11.0. The molecule has 1 aromatic carbocycles. The zero-order chi connectivity index (χ0) is 16.5. The highest BCUT2D eigenvalue weighted by Gasteiger charge is 2.09. The van der Waals surface area contributed by atoms with Crippen LogP contribution >= 0.6 is 0 Å². The quantitative estimate of drug-likeness (QED) is 0.672. The molecule has 2 aromatic rings. The van der Waals surface area contributed by atoms with Crippen LogP contribution in [0.2, 0.25) is 0 Å². The molecular weight excluding hydrogens is 286 g/mol. The Balaban J connectivity index is 1.87. The molecule has 0 fully saturated rings. The van der Waals surface area contributed by atoms with Gasteiger partial charge in [-0.15, -0.1) is 0 Å². The number of para-hydroxylation sites is 2. The van der Waals surface area contributed by atoms with Crippen molar-refractivity contribution in [3.63, 3.8) is 0 Å². The summed E-state index contributed by atoms with van der Waals surface area (Å²) in [7, 11) is 0. The Morgan fingerprint density at radius 1 is 1.13 bits per heavy atom. The minimum absolute atomic E-state index is 0.145. The van der Waals surface area contributed by atoms with Gasteiger partial charge in [0.15, 0.2) is 0 Å². The highest BCUT2D eigenvalue weighted by molar-refractivity contribution is 5.76. The van der Waals surface area contributed by atoms with E-state index in [4.69, 9.17) is 4.98 Å². The summed E-state index contributed by atoms with van der Waals surface area (Å²) in [6, 6.07) is 8.41. The van der Waals surface area contributed by atoms with Gasteiger partial charge in [-0.1, -0.05) is 38.8 Å². The number of hydrogen-bond donors (Lipinski definition) is 1. The molecule has 0 aliphatic carbocycles. The van der Waals surface area contributed by atoms with Crippen LogP contribution in [-0.2, 0) is 17.8 Å². The number of unbranched alkanes of at least 4 members (excludes halogenated alkanes) is 3. The Bertz CT molecular complexity index is 618. The molecule has 126 valence electrons. The number of aryl methyl sites for hydroxylation is 2. The second-order valence-corrected chi connectivity index (χ2v) is 6.04. The Labute approximate surface area is 139 Å². The van der Waals surface area contributed by atoms with Crippen molar-refractivity contribution in [2.24, 2.45) is 0 Å². The van der Waals surface area contributed by atoms with Crippen LogP contribution in [0.5, 0.6) is 0 Å². The highest BCUT2D eigenvalue weighted by atomic mass is 16.1. The number of amides is 1. The van der Waals surface area contributed by atoms with E-state index >= 15 is 0 Å². The lowest BCUT2D eigenvalue weighted by Crippen LogP contribution is -2.23. The Morgan fingerprint density at radius 2 is 1.96 bits per heavy atom. The second-order valence-electron chi connectivity index (χ2n) is 6.04. The Kier molecular flexibility index (Phi) is 7.11. The summed E-state index contributed by atoms with van der Waals surface area (Å²) in [6.45, 7) is 5.96. The number of imidazole rings is 1. The molecule has 0 saturated heterocycles. The van der Waals surface area contributed by atoms with Gasteiger partial charge in [-0.25, -0.2) is 4.98 Å². The van der Waals surface area contributed by atoms with E-state index in [1.54, 1.807) is 0 Å². The number of carbonyl (C=O) groups is 1. The van der Waals surface area contributed by atoms with Crippen LogP contribution in [0, 0.1) is 0 Å². The van der Waals surface area contributed by atoms with Gasteiger partial charge in [0.25, 0.3) is 0 Å². The standard InChI is InChI=1S/C19H29N3O/c1-3-5-15-22-17-12-9-8-11-16(17)21-18(22)13-7-6-10-14-20-19(23)4-2/h8-9,11-12H,3-7,10,13-15H2,1-2H3,(H,20,23).